The number of hydrazone groups is 1. The summed E-state index contributed by atoms with van der Waals surface area (Å²) in [6, 6.07) is 10.7. The van der Waals surface area contributed by atoms with Crippen LogP contribution < -0.4 is 10.7 Å². The van der Waals surface area contributed by atoms with Crippen LogP contribution in [0.1, 0.15) is 54.3 Å². The van der Waals surface area contributed by atoms with Crippen LogP contribution in [-0.2, 0) is 4.79 Å². The number of hydrogen-bond acceptors (Lipinski definition) is 4. The van der Waals surface area contributed by atoms with Gasteiger partial charge < -0.3 is 5.32 Å². The number of anilines is 1. The molecule has 1 saturated carbocycles. The van der Waals surface area contributed by atoms with Crippen molar-refractivity contribution in [3.05, 3.63) is 51.2 Å². The molecule has 0 atom stereocenters. The minimum atomic E-state index is -0.190. The van der Waals surface area contributed by atoms with Crippen molar-refractivity contribution in [1.29, 1.82) is 0 Å². The average Bonchev–Trinajstić information content (AvgIpc) is 3.13. The molecule has 142 valence electrons. The molecule has 1 heterocycles. The first kappa shape index (κ1) is 19.6. The second kappa shape index (κ2) is 9.15. The zero-order valence-electron chi connectivity index (χ0n) is 15.1. The number of nitrogens with one attached hydrogen (secondary N) is 2. The van der Waals surface area contributed by atoms with Crippen molar-refractivity contribution in [2.24, 2.45) is 11.0 Å². The van der Waals surface area contributed by atoms with Gasteiger partial charge in [0.1, 0.15) is 0 Å². The fourth-order valence-corrected chi connectivity index (χ4v) is 4.02. The van der Waals surface area contributed by atoms with E-state index in [4.69, 9.17) is 11.6 Å². The Bertz CT molecular complexity index is 839. The lowest BCUT2D eigenvalue weighted by Gasteiger charge is -2.19. The number of nitrogens with zero attached hydrogens (tertiary/aromatic N) is 1. The van der Waals surface area contributed by atoms with E-state index in [1.165, 1.54) is 17.8 Å². The first-order chi connectivity index (χ1) is 13.0. The van der Waals surface area contributed by atoms with Crippen LogP contribution in [0.3, 0.4) is 0 Å². The van der Waals surface area contributed by atoms with Gasteiger partial charge in [-0.1, -0.05) is 43.0 Å². The highest BCUT2D eigenvalue weighted by Crippen LogP contribution is 2.24. The molecule has 1 fully saturated rings. The molecule has 5 nitrogen and oxygen atoms in total. The van der Waals surface area contributed by atoms with E-state index in [0.29, 0.717) is 14.9 Å². The molecule has 1 aliphatic rings. The van der Waals surface area contributed by atoms with Crippen molar-refractivity contribution in [1.82, 2.24) is 5.43 Å². The van der Waals surface area contributed by atoms with E-state index in [-0.39, 0.29) is 17.7 Å². The molecule has 0 spiro atoms. The summed E-state index contributed by atoms with van der Waals surface area (Å²) in [7, 11) is 0. The molecule has 1 aromatic carbocycles. The van der Waals surface area contributed by atoms with E-state index in [0.717, 1.165) is 37.0 Å². The molecule has 1 aliphatic carbocycles. The van der Waals surface area contributed by atoms with Crippen LogP contribution in [0, 0.1) is 5.92 Å². The zero-order valence-corrected chi connectivity index (χ0v) is 16.7. The van der Waals surface area contributed by atoms with Crippen LogP contribution in [0.25, 0.3) is 0 Å². The highest BCUT2D eigenvalue weighted by atomic mass is 35.5. The number of hydrogen-bond donors (Lipinski definition) is 2. The first-order valence-electron chi connectivity index (χ1n) is 9.04. The van der Waals surface area contributed by atoms with E-state index in [1.54, 1.807) is 12.1 Å². The fourth-order valence-electron chi connectivity index (χ4n) is 3.08. The predicted octanol–water partition coefficient (Wildman–Crippen LogP) is 5.07. The molecule has 0 radical (unpaired) electrons. The Morgan fingerprint density at radius 1 is 1.07 bits per heavy atom. The number of carbonyl (C=O) groups is 2. The van der Waals surface area contributed by atoms with E-state index >= 15 is 0 Å². The molecule has 2 N–H and O–H groups in total. The molecule has 0 saturated heterocycles. The van der Waals surface area contributed by atoms with Gasteiger partial charge in [-0.15, -0.1) is 11.3 Å². The lowest BCUT2D eigenvalue weighted by molar-refractivity contribution is -0.125. The topological polar surface area (TPSA) is 70.6 Å². The number of benzene rings is 1. The molecule has 0 unspecified atom stereocenters. The van der Waals surface area contributed by atoms with Crippen LogP contribution in [0.15, 0.2) is 41.5 Å². The summed E-state index contributed by atoms with van der Waals surface area (Å²) in [5.74, 6) is -0.101. The monoisotopic (exact) mass is 403 g/mol. The second-order valence-electron chi connectivity index (χ2n) is 6.64. The maximum atomic E-state index is 12.2. The third-order valence-electron chi connectivity index (χ3n) is 4.67. The van der Waals surface area contributed by atoms with Crippen molar-refractivity contribution in [2.75, 3.05) is 5.32 Å². The number of carbonyl (C=O) groups excluding carboxylic acids is 2. The molecular formula is C20H22ClN3O2S. The molecule has 0 bridgehead atoms. The Morgan fingerprint density at radius 2 is 1.78 bits per heavy atom. The van der Waals surface area contributed by atoms with E-state index < -0.39 is 0 Å². The summed E-state index contributed by atoms with van der Waals surface area (Å²) in [6.45, 7) is 1.85. The van der Waals surface area contributed by atoms with Gasteiger partial charge in [-0.25, -0.2) is 5.43 Å². The SMILES string of the molecule is C/C(=N/NC(=O)C1CCCCC1)c1ccc(NC(=O)c2ccc(Cl)s2)cc1. The number of amides is 2. The molecule has 7 heteroatoms. The predicted molar refractivity (Wildman–Crippen MR) is 111 cm³/mol. The third-order valence-corrected chi connectivity index (χ3v) is 5.90. The van der Waals surface area contributed by atoms with Gasteiger partial charge in [-0.05, 0) is 49.6 Å². The van der Waals surface area contributed by atoms with E-state index in [9.17, 15) is 9.59 Å². The van der Waals surface area contributed by atoms with Crippen LogP contribution in [-0.4, -0.2) is 17.5 Å². The van der Waals surface area contributed by atoms with Gasteiger partial charge in [0.2, 0.25) is 5.91 Å². The van der Waals surface area contributed by atoms with Gasteiger partial charge >= 0.3 is 0 Å². The van der Waals surface area contributed by atoms with E-state index in [2.05, 4.69) is 15.8 Å². The van der Waals surface area contributed by atoms with Gasteiger partial charge in [0.15, 0.2) is 0 Å². The quantitative estimate of drug-likeness (QED) is 0.540. The highest BCUT2D eigenvalue weighted by molar-refractivity contribution is 7.18. The Hall–Kier alpha value is -2.18. The van der Waals surface area contributed by atoms with Gasteiger partial charge in [-0.2, -0.15) is 5.10 Å². The van der Waals surface area contributed by atoms with Crippen molar-refractivity contribution in [3.8, 4) is 0 Å². The smallest absolute Gasteiger partial charge is 0.265 e. The minimum absolute atomic E-state index is 0.00698. The Balaban J connectivity index is 1.57. The van der Waals surface area contributed by atoms with Crippen molar-refractivity contribution in [3.63, 3.8) is 0 Å². The number of thiophene rings is 1. The zero-order chi connectivity index (χ0) is 19.2. The summed E-state index contributed by atoms with van der Waals surface area (Å²) in [6.07, 6.45) is 5.35. The first-order valence-corrected chi connectivity index (χ1v) is 10.2. The minimum Gasteiger partial charge on any atom is -0.321 e. The summed E-state index contributed by atoms with van der Waals surface area (Å²) < 4.78 is 0.581. The Kier molecular flexibility index (Phi) is 6.63. The standard InChI is InChI=1S/C20H22ClN3O2S/c1-13(23-24-19(25)15-5-3-2-4-6-15)14-7-9-16(10-8-14)22-20(26)17-11-12-18(21)27-17/h7-12,15H,2-6H2,1H3,(H,22,26)(H,24,25)/b23-13-. The molecule has 1 aromatic heterocycles. The normalized spacial score (nSPS) is 15.4. The van der Waals surface area contributed by atoms with Gasteiger partial charge in [0.05, 0.1) is 14.9 Å². The average molecular weight is 404 g/mol. The molecule has 2 aromatic rings. The lowest BCUT2D eigenvalue weighted by atomic mass is 9.89. The van der Waals surface area contributed by atoms with E-state index in [1.807, 2.05) is 31.2 Å². The van der Waals surface area contributed by atoms with Crippen LogP contribution in [0.2, 0.25) is 4.34 Å². The van der Waals surface area contributed by atoms with Crippen molar-refractivity contribution in [2.45, 2.75) is 39.0 Å². The maximum absolute atomic E-state index is 12.2. The molecule has 2 amide bonds. The fraction of sp³-hybridized carbons (Fsp3) is 0.350. The van der Waals surface area contributed by atoms with Gasteiger partial charge in [0, 0.05) is 11.6 Å². The Morgan fingerprint density at radius 3 is 2.41 bits per heavy atom. The number of halogens is 1. The summed E-state index contributed by atoms with van der Waals surface area (Å²) in [5.41, 5.74) is 4.99. The molecular weight excluding hydrogens is 382 g/mol. The molecule has 3 rings (SSSR count). The van der Waals surface area contributed by atoms with Crippen molar-refractivity contribution < 1.29 is 9.59 Å². The van der Waals surface area contributed by atoms with Crippen LogP contribution >= 0.6 is 22.9 Å². The molecule has 0 aliphatic heterocycles. The largest absolute Gasteiger partial charge is 0.321 e. The lowest BCUT2D eigenvalue weighted by Crippen LogP contribution is -2.29. The van der Waals surface area contributed by atoms with Crippen LogP contribution in [0.5, 0.6) is 0 Å². The third kappa shape index (κ3) is 5.40. The molecule has 27 heavy (non-hydrogen) atoms. The Labute approximate surface area is 167 Å². The number of rotatable bonds is 5. The van der Waals surface area contributed by atoms with Gasteiger partial charge in [0.25, 0.3) is 5.91 Å². The highest BCUT2D eigenvalue weighted by Gasteiger charge is 2.20. The second-order valence-corrected chi connectivity index (χ2v) is 8.36. The summed E-state index contributed by atoms with van der Waals surface area (Å²) >= 11 is 7.10. The van der Waals surface area contributed by atoms with Crippen molar-refractivity contribution >= 4 is 46.2 Å². The van der Waals surface area contributed by atoms with Gasteiger partial charge in [-0.3, -0.25) is 9.59 Å². The summed E-state index contributed by atoms with van der Waals surface area (Å²) in [5, 5.41) is 7.06. The van der Waals surface area contributed by atoms with Crippen LogP contribution in [0.4, 0.5) is 5.69 Å². The maximum Gasteiger partial charge on any atom is 0.265 e. The summed E-state index contributed by atoms with van der Waals surface area (Å²) in [4.78, 5) is 24.9.